The van der Waals surface area contributed by atoms with E-state index in [9.17, 15) is 14.4 Å². The summed E-state index contributed by atoms with van der Waals surface area (Å²) in [7, 11) is 0. The third-order valence-electron chi connectivity index (χ3n) is 14.6. The second kappa shape index (κ2) is 19.5. The third-order valence-corrected chi connectivity index (χ3v) is 14.6. The molecule has 6 rings (SSSR count). The minimum atomic E-state index is -0.628. The first-order valence-corrected chi connectivity index (χ1v) is 23.1. The van der Waals surface area contributed by atoms with Gasteiger partial charge in [0.15, 0.2) is 0 Å². The molecular weight excluding hydrogens is 749 g/mol. The predicted molar refractivity (Wildman–Crippen MR) is 228 cm³/mol. The molecule has 4 bridgehead atoms. The van der Waals surface area contributed by atoms with Gasteiger partial charge in [0.05, 0.1) is 0 Å². The quantitative estimate of drug-likeness (QED) is 0.116. The Morgan fingerprint density at radius 1 is 0.661 bits per heavy atom. The maximum atomic E-state index is 15.7. The Labute approximate surface area is 352 Å². The summed E-state index contributed by atoms with van der Waals surface area (Å²) in [5.74, 6) is 0.370. The first kappa shape index (κ1) is 45.0. The highest BCUT2D eigenvalue weighted by Crippen LogP contribution is 2.52. The van der Waals surface area contributed by atoms with Crippen LogP contribution in [0.15, 0.2) is 24.3 Å². The van der Waals surface area contributed by atoms with Gasteiger partial charge in [-0.25, -0.2) is 13.6 Å². The molecule has 6 atom stereocenters. The number of amides is 1. The summed E-state index contributed by atoms with van der Waals surface area (Å²) in [6.07, 6.45) is 19.3. The van der Waals surface area contributed by atoms with Crippen LogP contribution in [0.5, 0.6) is 11.5 Å². The van der Waals surface area contributed by atoms with Crippen molar-refractivity contribution in [3.05, 3.63) is 58.2 Å². The summed E-state index contributed by atoms with van der Waals surface area (Å²) < 4.78 is 48.2. The molecule has 2 aromatic rings. The van der Waals surface area contributed by atoms with Crippen LogP contribution in [-0.2, 0) is 38.0 Å². The molecule has 326 valence electrons. The molecule has 9 heteroatoms. The molecule has 59 heavy (non-hydrogen) atoms. The summed E-state index contributed by atoms with van der Waals surface area (Å²) in [5.41, 5.74) is 2.10. The fourth-order valence-corrected chi connectivity index (χ4v) is 11.1. The van der Waals surface area contributed by atoms with Gasteiger partial charge in [0.2, 0.25) is 0 Å². The highest BCUT2D eigenvalue weighted by molar-refractivity contribution is 5.73. The van der Waals surface area contributed by atoms with Gasteiger partial charge in [-0.3, -0.25) is 9.59 Å². The molecule has 1 amide bonds. The lowest BCUT2D eigenvalue weighted by atomic mass is 9.57. The van der Waals surface area contributed by atoms with Crippen LogP contribution in [0.3, 0.4) is 0 Å². The van der Waals surface area contributed by atoms with E-state index in [0.29, 0.717) is 42.4 Å². The molecule has 1 N–H and O–H groups in total. The van der Waals surface area contributed by atoms with E-state index in [2.05, 4.69) is 26.1 Å². The highest BCUT2D eigenvalue weighted by atomic mass is 19.1. The number of alkyl carbamates (subject to hydrolysis) is 1. The maximum absolute atomic E-state index is 15.7. The van der Waals surface area contributed by atoms with Gasteiger partial charge in [-0.1, -0.05) is 97.8 Å². The number of esters is 2. The Morgan fingerprint density at radius 2 is 1.12 bits per heavy atom. The van der Waals surface area contributed by atoms with Crippen LogP contribution in [-0.4, -0.2) is 29.7 Å². The fraction of sp³-hybridized carbons (Fsp3) is 0.700. The van der Waals surface area contributed by atoms with E-state index in [1.165, 1.54) is 25.0 Å². The number of rotatable bonds is 14. The van der Waals surface area contributed by atoms with Crippen LogP contribution < -0.4 is 14.8 Å². The monoisotopic (exact) mass is 820 g/mol. The van der Waals surface area contributed by atoms with Crippen molar-refractivity contribution >= 4 is 18.0 Å². The highest BCUT2D eigenvalue weighted by Gasteiger charge is 2.48. The number of benzene rings is 2. The van der Waals surface area contributed by atoms with Crippen molar-refractivity contribution in [2.45, 2.75) is 205 Å². The third kappa shape index (κ3) is 11.1. The number of hydrogen-bond donors (Lipinski definition) is 1. The van der Waals surface area contributed by atoms with E-state index >= 15 is 8.78 Å². The maximum Gasteiger partial charge on any atom is 0.407 e. The topological polar surface area (TPSA) is 90.9 Å². The van der Waals surface area contributed by atoms with Crippen molar-refractivity contribution in [2.24, 2.45) is 17.8 Å². The molecular formula is C50H71F2NO6. The number of unbranched alkanes of at least 4 members (excludes halogenated alkanes) is 7. The molecule has 0 saturated heterocycles. The Bertz CT molecular complexity index is 1800. The summed E-state index contributed by atoms with van der Waals surface area (Å²) >= 11 is 0. The largest absolute Gasteiger partial charge is 0.444 e. The fourth-order valence-electron chi connectivity index (χ4n) is 11.1. The van der Waals surface area contributed by atoms with Crippen LogP contribution in [0.4, 0.5) is 13.6 Å². The molecule has 7 nitrogen and oxygen atoms in total. The van der Waals surface area contributed by atoms with Crippen molar-refractivity contribution in [3.8, 4) is 11.5 Å². The minimum absolute atomic E-state index is 0.0906. The summed E-state index contributed by atoms with van der Waals surface area (Å²) in [4.78, 5) is 38.6. The standard InChI is InChI=1S/C50H71F2NO6/c1-33-34-21-15-13-19-25-49(33,5)40-29-36(31-42(51)38(40)27-34)57-44(54)23-17-11-9-7-8-10-12-18-24-45(55)58-37-30-41-39(43(52)32-37)28-35-22-16-14-20-26-50(41,6)46(35)53-47(56)59-48(2,3)4/h29-35,46H,7-28H2,1-6H3,(H,53,56)/t33-,34-,35-,46-,49-,50+/m0/s1. The lowest BCUT2D eigenvalue weighted by Crippen LogP contribution is -2.57. The summed E-state index contributed by atoms with van der Waals surface area (Å²) in [5, 5.41) is 3.18. The van der Waals surface area contributed by atoms with Crippen molar-refractivity contribution < 1.29 is 37.4 Å². The number of nitrogens with one attached hydrogen (secondary N) is 1. The molecule has 0 aliphatic heterocycles. The Morgan fingerprint density at radius 3 is 1.64 bits per heavy atom. The zero-order valence-corrected chi connectivity index (χ0v) is 36.9. The first-order chi connectivity index (χ1) is 28.1. The average Bonchev–Trinajstić information content (AvgIpc) is 3.15. The van der Waals surface area contributed by atoms with Crippen LogP contribution in [0.1, 0.15) is 192 Å². The van der Waals surface area contributed by atoms with E-state index in [1.807, 2.05) is 32.9 Å². The van der Waals surface area contributed by atoms with E-state index in [-0.39, 0.29) is 53.1 Å². The molecule has 0 spiro atoms. The molecule has 0 heterocycles. The number of carbonyl (C=O) groups is 3. The van der Waals surface area contributed by atoms with Crippen molar-refractivity contribution in [3.63, 3.8) is 0 Å². The normalized spacial score (nSPS) is 26.5. The molecule has 0 radical (unpaired) electrons. The van der Waals surface area contributed by atoms with Gasteiger partial charge in [0.1, 0.15) is 28.7 Å². The number of halogens is 2. The van der Waals surface area contributed by atoms with Gasteiger partial charge in [-0.2, -0.15) is 0 Å². The molecule has 4 aliphatic rings. The summed E-state index contributed by atoms with van der Waals surface area (Å²) in [6.45, 7) is 12.2. The minimum Gasteiger partial charge on any atom is -0.444 e. The second-order valence-electron chi connectivity index (χ2n) is 20.0. The van der Waals surface area contributed by atoms with Crippen LogP contribution in [0, 0.1) is 29.4 Å². The van der Waals surface area contributed by atoms with Crippen LogP contribution in [0.25, 0.3) is 0 Å². The predicted octanol–water partition coefficient (Wildman–Crippen LogP) is 12.7. The average molecular weight is 820 g/mol. The number of ether oxygens (including phenoxy) is 3. The van der Waals surface area contributed by atoms with Gasteiger partial charge >= 0.3 is 18.0 Å². The van der Waals surface area contributed by atoms with E-state index < -0.39 is 17.1 Å². The van der Waals surface area contributed by atoms with E-state index in [4.69, 9.17) is 14.2 Å². The molecule has 0 unspecified atom stereocenters. The zero-order valence-electron chi connectivity index (χ0n) is 36.9. The number of fused-ring (bicyclic) bond motifs is 8. The molecule has 2 aromatic carbocycles. The molecule has 4 aliphatic carbocycles. The lowest BCUT2D eigenvalue weighted by Gasteiger charge is -2.49. The molecule has 0 aromatic heterocycles. The molecule has 2 saturated carbocycles. The van der Waals surface area contributed by atoms with Gasteiger partial charge in [0.25, 0.3) is 0 Å². The Balaban J connectivity index is 0.896. The van der Waals surface area contributed by atoms with Gasteiger partial charge in [0, 0.05) is 36.4 Å². The SMILES string of the molecule is C[C@H]1[C@H]2CCCCC[C@]1(C)c1cc(OC(=O)CCCCCCCCCCC(=O)Oc3cc(F)c4c(c3)[C@@]3(C)CCCCC[C@@H](C4)[C@@H]3NC(=O)OC(C)(C)C)cc(F)c1C2. The zero-order chi connectivity index (χ0) is 42.4. The van der Waals surface area contributed by atoms with Gasteiger partial charge < -0.3 is 19.5 Å². The Kier molecular flexibility index (Phi) is 14.9. The number of hydrogen-bond acceptors (Lipinski definition) is 6. The van der Waals surface area contributed by atoms with Crippen LogP contribution >= 0.6 is 0 Å². The van der Waals surface area contributed by atoms with Crippen molar-refractivity contribution in [1.82, 2.24) is 5.32 Å². The smallest absolute Gasteiger partial charge is 0.407 e. The van der Waals surface area contributed by atoms with Crippen molar-refractivity contribution in [2.75, 3.05) is 0 Å². The van der Waals surface area contributed by atoms with Crippen LogP contribution in [0.2, 0.25) is 0 Å². The second-order valence-corrected chi connectivity index (χ2v) is 20.0. The van der Waals surface area contributed by atoms with Gasteiger partial charge in [-0.05, 0) is 130 Å². The molecule has 2 fully saturated rings. The number of carbonyl (C=O) groups excluding carboxylic acids is 3. The van der Waals surface area contributed by atoms with Crippen molar-refractivity contribution in [1.29, 1.82) is 0 Å². The van der Waals surface area contributed by atoms with E-state index in [0.717, 1.165) is 119 Å². The lowest BCUT2D eigenvalue weighted by molar-refractivity contribution is -0.135. The van der Waals surface area contributed by atoms with E-state index in [1.54, 1.807) is 0 Å². The Hall–Kier alpha value is -3.49. The first-order valence-electron chi connectivity index (χ1n) is 23.1. The summed E-state index contributed by atoms with van der Waals surface area (Å²) in [6, 6.07) is 6.33. The van der Waals surface area contributed by atoms with Gasteiger partial charge in [-0.15, -0.1) is 0 Å².